The van der Waals surface area contributed by atoms with Crippen molar-refractivity contribution < 1.29 is 0 Å². The molecule has 0 spiro atoms. The average Bonchev–Trinajstić information content (AvgIpc) is 2.94. The van der Waals surface area contributed by atoms with Crippen LogP contribution in [0.5, 0.6) is 0 Å². The van der Waals surface area contributed by atoms with Gasteiger partial charge in [-0.05, 0) is 19.4 Å². The predicted octanol–water partition coefficient (Wildman–Crippen LogP) is 2.14. The smallest absolute Gasteiger partial charge is 0.188 e. The van der Waals surface area contributed by atoms with Gasteiger partial charge in [-0.15, -0.1) is 11.3 Å². The largest absolute Gasteiger partial charge is 0.316 e. The van der Waals surface area contributed by atoms with Crippen molar-refractivity contribution in [3.05, 3.63) is 29.7 Å². The van der Waals surface area contributed by atoms with Gasteiger partial charge < -0.3 is 10.6 Å². The first-order valence-corrected chi connectivity index (χ1v) is 6.99. The van der Waals surface area contributed by atoms with Gasteiger partial charge in [-0.3, -0.25) is 4.98 Å². The van der Waals surface area contributed by atoms with E-state index >= 15 is 0 Å². The molecule has 1 aliphatic heterocycles. The molecular weight excluding hydrogens is 246 g/mol. The summed E-state index contributed by atoms with van der Waals surface area (Å²) in [7, 11) is 0. The van der Waals surface area contributed by atoms with Crippen LogP contribution in [0.1, 0.15) is 24.5 Å². The van der Waals surface area contributed by atoms with Crippen molar-refractivity contribution in [2.45, 2.75) is 18.8 Å². The molecule has 0 saturated carbocycles. The molecule has 1 fully saturated rings. The van der Waals surface area contributed by atoms with E-state index in [1.807, 2.05) is 11.6 Å². The van der Waals surface area contributed by atoms with Crippen LogP contribution in [-0.2, 0) is 0 Å². The zero-order valence-electron chi connectivity index (χ0n) is 9.97. The van der Waals surface area contributed by atoms with Gasteiger partial charge in [-0.25, -0.2) is 9.97 Å². The molecule has 2 aromatic rings. The minimum atomic E-state index is 0.500. The van der Waals surface area contributed by atoms with Crippen molar-refractivity contribution in [1.82, 2.24) is 20.3 Å². The minimum Gasteiger partial charge on any atom is -0.316 e. The van der Waals surface area contributed by atoms with Crippen LogP contribution < -0.4 is 10.6 Å². The Morgan fingerprint density at radius 1 is 1.28 bits per heavy atom. The Hall–Kier alpha value is -1.53. The van der Waals surface area contributed by atoms with Crippen molar-refractivity contribution in [2.75, 3.05) is 18.4 Å². The summed E-state index contributed by atoms with van der Waals surface area (Å²) >= 11 is 1.55. The van der Waals surface area contributed by atoms with E-state index in [4.69, 9.17) is 0 Å². The van der Waals surface area contributed by atoms with Crippen LogP contribution in [0.15, 0.2) is 24.0 Å². The molecule has 18 heavy (non-hydrogen) atoms. The van der Waals surface area contributed by atoms with Gasteiger partial charge in [0.2, 0.25) is 0 Å². The van der Waals surface area contributed by atoms with Crippen molar-refractivity contribution in [1.29, 1.82) is 0 Å². The number of hydrogen-bond acceptors (Lipinski definition) is 6. The van der Waals surface area contributed by atoms with Crippen LogP contribution in [-0.4, -0.2) is 28.0 Å². The molecule has 94 valence electrons. The molecule has 1 saturated heterocycles. The Morgan fingerprint density at radius 2 is 2.28 bits per heavy atom. The van der Waals surface area contributed by atoms with Crippen molar-refractivity contribution in [2.24, 2.45) is 0 Å². The Kier molecular flexibility index (Phi) is 3.47. The van der Waals surface area contributed by atoms with E-state index in [2.05, 4.69) is 25.6 Å². The highest BCUT2D eigenvalue weighted by Gasteiger charge is 2.16. The van der Waals surface area contributed by atoms with Crippen LogP contribution >= 0.6 is 11.3 Å². The molecule has 2 N–H and O–H groups in total. The lowest BCUT2D eigenvalue weighted by Crippen LogP contribution is -2.28. The SMILES string of the molecule is c1csc(Nc2cnc([C@H]3CCCNC3)cn2)n1. The number of piperidine rings is 1. The van der Waals surface area contributed by atoms with Gasteiger partial charge in [-0.2, -0.15) is 0 Å². The highest BCUT2D eigenvalue weighted by Crippen LogP contribution is 2.22. The number of hydrogen-bond donors (Lipinski definition) is 2. The third-order valence-electron chi connectivity index (χ3n) is 3.05. The molecule has 0 radical (unpaired) electrons. The molecule has 6 heteroatoms. The summed E-state index contributed by atoms with van der Waals surface area (Å²) in [4.78, 5) is 13.0. The molecule has 0 aliphatic carbocycles. The molecule has 0 unspecified atom stereocenters. The number of anilines is 2. The topological polar surface area (TPSA) is 62.7 Å². The van der Waals surface area contributed by atoms with Crippen LogP contribution in [0, 0.1) is 0 Å². The van der Waals surface area contributed by atoms with Gasteiger partial charge in [0, 0.05) is 24.0 Å². The lowest BCUT2D eigenvalue weighted by molar-refractivity contribution is 0.454. The van der Waals surface area contributed by atoms with Crippen molar-refractivity contribution >= 4 is 22.3 Å². The molecule has 3 rings (SSSR count). The Bertz CT molecular complexity index is 476. The van der Waals surface area contributed by atoms with E-state index in [0.717, 1.165) is 29.7 Å². The van der Waals surface area contributed by atoms with E-state index < -0.39 is 0 Å². The van der Waals surface area contributed by atoms with Crippen molar-refractivity contribution in [3.8, 4) is 0 Å². The quantitative estimate of drug-likeness (QED) is 0.886. The molecule has 1 aliphatic rings. The van der Waals surface area contributed by atoms with E-state index in [9.17, 15) is 0 Å². The summed E-state index contributed by atoms with van der Waals surface area (Å²) < 4.78 is 0. The number of nitrogens with zero attached hydrogens (tertiary/aromatic N) is 3. The average molecular weight is 261 g/mol. The molecule has 1 atom stereocenters. The maximum absolute atomic E-state index is 4.49. The molecule has 0 bridgehead atoms. The number of rotatable bonds is 3. The molecule has 2 aromatic heterocycles. The number of aromatic nitrogens is 3. The molecule has 0 aromatic carbocycles. The lowest BCUT2D eigenvalue weighted by atomic mass is 9.97. The maximum Gasteiger partial charge on any atom is 0.188 e. The van der Waals surface area contributed by atoms with E-state index in [1.54, 1.807) is 23.7 Å². The zero-order chi connectivity index (χ0) is 12.2. The molecule has 0 amide bonds. The van der Waals surface area contributed by atoms with E-state index in [-0.39, 0.29) is 0 Å². The first-order valence-electron chi connectivity index (χ1n) is 6.11. The highest BCUT2D eigenvalue weighted by atomic mass is 32.1. The Labute approximate surface area is 110 Å². The normalized spacial score (nSPS) is 19.7. The Morgan fingerprint density at radius 3 is 2.94 bits per heavy atom. The minimum absolute atomic E-state index is 0.500. The van der Waals surface area contributed by atoms with Gasteiger partial charge in [0.25, 0.3) is 0 Å². The van der Waals surface area contributed by atoms with Crippen molar-refractivity contribution in [3.63, 3.8) is 0 Å². The summed E-state index contributed by atoms with van der Waals surface area (Å²) in [5.41, 5.74) is 1.08. The monoisotopic (exact) mass is 261 g/mol. The second kappa shape index (κ2) is 5.41. The summed E-state index contributed by atoms with van der Waals surface area (Å²) in [5, 5.41) is 9.30. The predicted molar refractivity (Wildman–Crippen MR) is 72.3 cm³/mol. The number of thiazole rings is 1. The van der Waals surface area contributed by atoms with Gasteiger partial charge in [-0.1, -0.05) is 0 Å². The lowest BCUT2D eigenvalue weighted by Gasteiger charge is -2.21. The fourth-order valence-corrected chi connectivity index (χ4v) is 2.65. The van der Waals surface area contributed by atoms with Crippen LogP contribution in [0.25, 0.3) is 0 Å². The van der Waals surface area contributed by atoms with Crippen LogP contribution in [0.4, 0.5) is 10.9 Å². The number of nitrogens with one attached hydrogen (secondary N) is 2. The maximum atomic E-state index is 4.49. The third kappa shape index (κ3) is 2.65. The summed E-state index contributed by atoms with van der Waals surface area (Å²) in [6, 6.07) is 0. The van der Waals surface area contributed by atoms with Gasteiger partial charge >= 0.3 is 0 Å². The molecule has 3 heterocycles. The second-order valence-corrected chi connectivity index (χ2v) is 5.23. The van der Waals surface area contributed by atoms with E-state index in [1.165, 1.54) is 12.8 Å². The standard InChI is InChI=1S/C12H15N5S/c1-2-9(6-13-3-1)10-7-16-11(8-15-10)17-12-14-4-5-18-12/h4-5,7-9,13H,1-3,6H2,(H,14,16,17)/t9-/m0/s1. The third-order valence-corrected chi connectivity index (χ3v) is 3.74. The van der Waals surface area contributed by atoms with Crippen LogP contribution in [0.2, 0.25) is 0 Å². The Balaban J connectivity index is 1.68. The molecular formula is C12H15N5S. The van der Waals surface area contributed by atoms with Crippen LogP contribution in [0.3, 0.4) is 0 Å². The second-order valence-electron chi connectivity index (χ2n) is 4.33. The highest BCUT2D eigenvalue weighted by molar-refractivity contribution is 7.13. The fourth-order valence-electron chi connectivity index (χ4n) is 2.11. The van der Waals surface area contributed by atoms with Gasteiger partial charge in [0.05, 0.1) is 18.1 Å². The molecule has 5 nitrogen and oxygen atoms in total. The summed E-state index contributed by atoms with van der Waals surface area (Å²) in [5.74, 6) is 1.25. The summed E-state index contributed by atoms with van der Waals surface area (Å²) in [6.45, 7) is 2.13. The van der Waals surface area contributed by atoms with Gasteiger partial charge in [0.15, 0.2) is 10.9 Å². The summed E-state index contributed by atoms with van der Waals surface area (Å²) in [6.07, 6.45) is 7.83. The van der Waals surface area contributed by atoms with E-state index in [0.29, 0.717) is 5.92 Å². The first-order chi connectivity index (χ1) is 8.92. The zero-order valence-corrected chi connectivity index (χ0v) is 10.8. The van der Waals surface area contributed by atoms with Gasteiger partial charge in [0.1, 0.15) is 0 Å². The first kappa shape index (κ1) is 11.6. The fraction of sp³-hybridized carbons (Fsp3) is 0.417.